The van der Waals surface area contributed by atoms with Gasteiger partial charge in [-0.05, 0) is 36.4 Å². The van der Waals surface area contributed by atoms with Gasteiger partial charge < -0.3 is 14.8 Å². The Labute approximate surface area is 150 Å². The molecule has 2 heterocycles. The standard InChI is InChI=1S/C20H27N3O2/c1-2-23-10-11-24-20(15-23)14-21-13-17-6-5-8-19(12-17)25-16-18-7-3-4-9-22-18/h3-9,12,20-21H,2,10-11,13-16H2,1H3/t20-/m1/s1. The molecule has 2 aromatic rings. The van der Waals surface area contributed by atoms with E-state index >= 15 is 0 Å². The van der Waals surface area contributed by atoms with Crippen LogP contribution in [0.2, 0.25) is 0 Å². The first-order valence-corrected chi connectivity index (χ1v) is 9.00. The fourth-order valence-corrected chi connectivity index (χ4v) is 2.95. The SMILES string of the molecule is CCN1CCO[C@H](CNCc2cccc(OCc3ccccn3)c2)C1. The van der Waals surface area contributed by atoms with Crippen molar-refractivity contribution >= 4 is 0 Å². The van der Waals surface area contributed by atoms with Gasteiger partial charge in [0.1, 0.15) is 12.4 Å². The van der Waals surface area contributed by atoms with Gasteiger partial charge in [-0.3, -0.25) is 9.88 Å². The van der Waals surface area contributed by atoms with Gasteiger partial charge >= 0.3 is 0 Å². The van der Waals surface area contributed by atoms with Crippen molar-refractivity contribution < 1.29 is 9.47 Å². The molecule has 1 aliphatic heterocycles. The van der Waals surface area contributed by atoms with Crippen molar-refractivity contribution in [2.75, 3.05) is 32.8 Å². The summed E-state index contributed by atoms with van der Waals surface area (Å²) in [6.07, 6.45) is 2.06. The molecule has 25 heavy (non-hydrogen) atoms. The maximum Gasteiger partial charge on any atom is 0.130 e. The molecular weight excluding hydrogens is 314 g/mol. The molecule has 1 N–H and O–H groups in total. The third-order valence-corrected chi connectivity index (χ3v) is 4.38. The Balaban J connectivity index is 1.43. The van der Waals surface area contributed by atoms with Gasteiger partial charge in [-0.15, -0.1) is 0 Å². The van der Waals surface area contributed by atoms with Crippen LogP contribution in [0.4, 0.5) is 0 Å². The molecule has 134 valence electrons. The van der Waals surface area contributed by atoms with Crippen molar-refractivity contribution in [1.29, 1.82) is 0 Å². The lowest BCUT2D eigenvalue weighted by molar-refractivity contribution is -0.0253. The molecule has 3 rings (SSSR count). The average Bonchev–Trinajstić information content (AvgIpc) is 2.68. The Bertz CT molecular complexity index is 636. The van der Waals surface area contributed by atoms with Crippen LogP contribution in [0.25, 0.3) is 0 Å². The highest BCUT2D eigenvalue weighted by molar-refractivity contribution is 5.28. The van der Waals surface area contributed by atoms with Crippen LogP contribution >= 0.6 is 0 Å². The van der Waals surface area contributed by atoms with Crippen molar-refractivity contribution in [2.24, 2.45) is 0 Å². The van der Waals surface area contributed by atoms with Gasteiger partial charge in [0.25, 0.3) is 0 Å². The summed E-state index contributed by atoms with van der Waals surface area (Å²) in [6.45, 7) is 8.35. The van der Waals surface area contributed by atoms with Crippen LogP contribution in [0, 0.1) is 0 Å². The molecule has 0 spiro atoms. The molecule has 1 fully saturated rings. The normalized spacial score (nSPS) is 18.2. The topological polar surface area (TPSA) is 46.6 Å². The zero-order chi connectivity index (χ0) is 17.3. The second kappa shape index (κ2) is 9.51. The number of likely N-dealkylation sites (N-methyl/N-ethyl adjacent to an activating group) is 1. The summed E-state index contributed by atoms with van der Waals surface area (Å²) in [5, 5.41) is 3.50. The Morgan fingerprint density at radius 2 is 2.24 bits per heavy atom. The van der Waals surface area contributed by atoms with E-state index in [-0.39, 0.29) is 6.10 Å². The molecule has 0 amide bonds. The summed E-state index contributed by atoms with van der Waals surface area (Å²) >= 11 is 0. The first-order chi connectivity index (χ1) is 12.3. The summed E-state index contributed by atoms with van der Waals surface area (Å²) in [4.78, 5) is 6.71. The van der Waals surface area contributed by atoms with Crippen molar-refractivity contribution in [3.8, 4) is 5.75 Å². The van der Waals surface area contributed by atoms with Crippen LogP contribution in [0.5, 0.6) is 5.75 Å². The van der Waals surface area contributed by atoms with Gasteiger partial charge in [0.2, 0.25) is 0 Å². The van der Waals surface area contributed by atoms with Crippen LogP contribution in [-0.4, -0.2) is 48.8 Å². The second-order valence-corrected chi connectivity index (χ2v) is 6.27. The lowest BCUT2D eigenvalue weighted by atomic mass is 10.2. The molecule has 5 heteroatoms. The van der Waals surface area contributed by atoms with Gasteiger partial charge in [-0.25, -0.2) is 0 Å². The zero-order valence-corrected chi connectivity index (χ0v) is 14.9. The number of rotatable bonds is 8. The second-order valence-electron chi connectivity index (χ2n) is 6.27. The van der Waals surface area contributed by atoms with E-state index in [1.807, 2.05) is 30.3 Å². The van der Waals surface area contributed by atoms with E-state index in [2.05, 4.69) is 34.3 Å². The highest BCUT2D eigenvalue weighted by atomic mass is 16.5. The Morgan fingerprint density at radius 1 is 1.28 bits per heavy atom. The smallest absolute Gasteiger partial charge is 0.130 e. The van der Waals surface area contributed by atoms with Crippen molar-refractivity contribution in [3.05, 3.63) is 59.9 Å². The molecule has 0 radical (unpaired) electrons. The molecular formula is C20H27N3O2. The minimum atomic E-state index is 0.275. The first-order valence-electron chi connectivity index (χ1n) is 9.00. The monoisotopic (exact) mass is 341 g/mol. The Morgan fingerprint density at radius 3 is 3.08 bits per heavy atom. The van der Waals surface area contributed by atoms with E-state index in [0.29, 0.717) is 6.61 Å². The van der Waals surface area contributed by atoms with Crippen LogP contribution in [0.15, 0.2) is 48.7 Å². The number of nitrogens with zero attached hydrogens (tertiary/aromatic N) is 2. The molecule has 1 saturated heterocycles. The van der Waals surface area contributed by atoms with E-state index in [0.717, 1.165) is 50.8 Å². The lowest BCUT2D eigenvalue weighted by Gasteiger charge is -2.32. The molecule has 0 unspecified atom stereocenters. The molecule has 0 bridgehead atoms. The minimum absolute atomic E-state index is 0.275. The first kappa shape index (κ1) is 17.9. The number of morpholine rings is 1. The number of benzene rings is 1. The Kier molecular flexibility index (Phi) is 6.79. The molecule has 0 saturated carbocycles. The summed E-state index contributed by atoms with van der Waals surface area (Å²) in [5.41, 5.74) is 2.14. The molecule has 0 aliphatic carbocycles. The van der Waals surface area contributed by atoms with Crippen molar-refractivity contribution in [2.45, 2.75) is 26.2 Å². The molecule has 1 atom stereocenters. The average molecular weight is 341 g/mol. The highest BCUT2D eigenvalue weighted by Crippen LogP contribution is 2.15. The number of pyridine rings is 1. The van der Waals surface area contributed by atoms with Crippen LogP contribution in [-0.2, 0) is 17.9 Å². The largest absolute Gasteiger partial charge is 0.487 e. The van der Waals surface area contributed by atoms with E-state index in [4.69, 9.17) is 9.47 Å². The summed E-state index contributed by atoms with van der Waals surface area (Å²) in [7, 11) is 0. The predicted octanol–water partition coefficient (Wildman–Crippen LogP) is 2.47. The van der Waals surface area contributed by atoms with E-state index in [9.17, 15) is 0 Å². The van der Waals surface area contributed by atoms with E-state index in [1.54, 1.807) is 6.20 Å². The number of hydrogen-bond donors (Lipinski definition) is 1. The van der Waals surface area contributed by atoms with Gasteiger partial charge in [-0.2, -0.15) is 0 Å². The molecule has 1 aliphatic rings. The number of aromatic nitrogens is 1. The Hall–Kier alpha value is -1.95. The van der Waals surface area contributed by atoms with E-state index in [1.165, 1.54) is 5.56 Å². The van der Waals surface area contributed by atoms with Gasteiger partial charge in [0.05, 0.1) is 18.4 Å². The molecule has 1 aromatic carbocycles. The fraction of sp³-hybridized carbons (Fsp3) is 0.450. The van der Waals surface area contributed by atoms with Crippen LogP contribution in [0.3, 0.4) is 0 Å². The molecule has 1 aromatic heterocycles. The summed E-state index contributed by atoms with van der Waals surface area (Å²) in [5.74, 6) is 0.871. The third-order valence-electron chi connectivity index (χ3n) is 4.38. The van der Waals surface area contributed by atoms with Crippen LogP contribution < -0.4 is 10.1 Å². The van der Waals surface area contributed by atoms with Gasteiger partial charge in [0.15, 0.2) is 0 Å². The quantitative estimate of drug-likeness (QED) is 0.799. The number of ether oxygens (including phenoxy) is 2. The predicted molar refractivity (Wildman–Crippen MR) is 98.6 cm³/mol. The zero-order valence-electron chi connectivity index (χ0n) is 14.9. The molecule has 5 nitrogen and oxygen atoms in total. The van der Waals surface area contributed by atoms with Crippen LogP contribution in [0.1, 0.15) is 18.2 Å². The van der Waals surface area contributed by atoms with Gasteiger partial charge in [0, 0.05) is 32.4 Å². The maximum absolute atomic E-state index is 5.84. The maximum atomic E-state index is 5.84. The number of nitrogens with one attached hydrogen (secondary N) is 1. The summed E-state index contributed by atoms with van der Waals surface area (Å²) in [6, 6.07) is 14.0. The summed E-state index contributed by atoms with van der Waals surface area (Å²) < 4.78 is 11.7. The third kappa shape index (κ3) is 5.81. The van der Waals surface area contributed by atoms with Crippen molar-refractivity contribution in [1.82, 2.24) is 15.2 Å². The lowest BCUT2D eigenvalue weighted by Crippen LogP contribution is -2.46. The van der Waals surface area contributed by atoms with Gasteiger partial charge in [-0.1, -0.05) is 25.1 Å². The van der Waals surface area contributed by atoms with E-state index < -0.39 is 0 Å². The fourth-order valence-electron chi connectivity index (χ4n) is 2.95. The minimum Gasteiger partial charge on any atom is -0.487 e. The highest BCUT2D eigenvalue weighted by Gasteiger charge is 2.18. The number of hydrogen-bond acceptors (Lipinski definition) is 5. The van der Waals surface area contributed by atoms with Crippen molar-refractivity contribution in [3.63, 3.8) is 0 Å².